The minimum atomic E-state index is -4.39. The average molecular weight is 316 g/mol. The molecule has 0 saturated heterocycles. The van der Waals surface area contributed by atoms with E-state index >= 15 is 0 Å². The zero-order valence-corrected chi connectivity index (χ0v) is 12.7. The lowest BCUT2D eigenvalue weighted by Crippen LogP contribution is -2.31. The summed E-state index contributed by atoms with van der Waals surface area (Å²) < 4.78 is 38.3. The second-order valence-corrected chi connectivity index (χ2v) is 6.07. The Morgan fingerprint density at radius 3 is 2.52 bits per heavy atom. The van der Waals surface area contributed by atoms with E-state index in [0.717, 1.165) is 31.4 Å². The average Bonchev–Trinajstić information content (AvgIpc) is 2.40. The summed E-state index contributed by atoms with van der Waals surface area (Å²) >= 11 is 4.90. The van der Waals surface area contributed by atoms with Crippen LogP contribution in [0.2, 0.25) is 0 Å². The molecule has 0 aromatic heterocycles. The SMILES string of the molecule is CC1CCCCC1Nc1ccc(C(F)(F)F)cc1C(N)=S. The Hall–Kier alpha value is -1.30. The van der Waals surface area contributed by atoms with Gasteiger partial charge in [-0.1, -0.05) is 32.0 Å². The molecule has 6 heteroatoms. The standard InChI is InChI=1S/C15H19F3N2S/c1-9-4-2-3-5-12(9)20-13-7-6-10(15(16,17)18)8-11(13)14(19)21/h6-9,12,20H,2-5H2,1H3,(H2,19,21). The van der Waals surface area contributed by atoms with Crippen LogP contribution in [0.15, 0.2) is 18.2 Å². The molecule has 2 atom stereocenters. The maximum atomic E-state index is 12.8. The summed E-state index contributed by atoms with van der Waals surface area (Å²) in [6, 6.07) is 3.78. The van der Waals surface area contributed by atoms with Crippen molar-refractivity contribution >= 4 is 22.9 Å². The van der Waals surface area contributed by atoms with Crippen LogP contribution in [0.25, 0.3) is 0 Å². The van der Waals surface area contributed by atoms with E-state index in [9.17, 15) is 13.2 Å². The molecule has 1 saturated carbocycles. The van der Waals surface area contributed by atoms with Crippen LogP contribution in [-0.4, -0.2) is 11.0 Å². The summed E-state index contributed by atoms with van der Waals surface area (Å²) in [4.78, 5) is -0.0212. The third-order valence-corrected chi connectivity index (χ3v) is 4.28. The molecule has 3 N–H and O–H groups in total. The van der Waals surface area contributed by atoms with Crippen molar-refractivity contribution in [1.29, 1.82) is 0 Å². The number of anilines is 1. The summed E-state index contributed by atoms with van der Waals surface area (Å²) in [7, 11) is 0. The van der Waals surface area contributed by atoms with Crippen LogP contribution < -0.4 is 11.1 Å². The molecular weight excluding hydrogens is 297 g/mol. The smallest absolute Gasteiger partial charge is 0.389 e. The quantitative estimate of drug-likeness (QED) is 0.815. The third kappa shape index (κ3) is 3.87. The highest BCUT2D eigenvalue weighted by Gasteiger charge is 2.31. The maximum Gasteiger partial charge on any atom is 0.416 e. The van der Waals surface area contributed by atoms with Crippen LogP contribution in [0.5, 0.6) is 0 Å². The van der Waals surface area contributed by atoms with Crippen molar-refractivity contribution in [3.63, 3.8) is 0 Å². The topological polar surface area (TPSA) is 38.0 Å². The third-order valence-electron chi connectivity index (χ3n) is 4.06. The molecule has 1 aliphatic carbocycles. The van der Waals surface area contributed by atoms with Gasteiger partial charge in [0, 0.05) is 17.3 Å². The van der Waals surface area contributed by atoms with Crippen LogP contribution >= 0.6 is 12.2 Å². The molecule has 2 nitrogen and oxygen atoms in total. The fourth-order valence-corrected chi connectivity index (χ4v) is 2.95. The van der Waals surface area contributed by atoms with Crippen molar-refractivity contribution in [3.05, 3.63) is 29.3 Å². The van der Waals surface area contributed by atoms with Crippen molar-refractivity contribution in [3.8, 4) is 0 Å². The van der Waals surface area contributed by atoms with Gasteiger partial charge in [-0.25, -0.2) is 0 Å². The zero-order valence-electron chi connectivity index (χ0n) is 11.8. The molecule has 0 aliphatic heterocycles. The highest BCUT2D eigenvalue weighted by molar-refractivity contribution is 7.80. The molecule has 0 heterocycles. The number of nitrogens with one attached hydrogen (secondary N) is 1. The van der Waals surface area contributed by atoms with Gasteiger partial charge in [-0.2, -0.15) is 13.2 Å². The Balaban J connectivity index is 2.28. The maximum absolute atomic E-state index is 12.8. The minimum absolute atomic E-state index is 0.0212. The van der Waals surface area contributed by atoms with E-state index in [1.54, 1.807) is 0 Å². The largest absolute Gasteiger partial charge is 0.416 e. The normalized spacial score (nSPS) is 22.9. The molecule has 0 bridgehead atoms. The van der Waals surface area contributed by atoms with Crippen molar-refractivity contribution in [1.82, 2.24) is 0 Å². The summed E-state index contributed by atoms with van der Waals surface area (Å²) in [6.07, 6.45) is 0.0788. The van der Waals surface area contributed by atoms with Crippen molar-refractivity contribution in [2.24, 2.45) is 11.7 Å². The first-order chi connectivity index (χ1) is 9.79. The Labute approximate surface area is 127 Å². The molecule has 116 valence electrons. The lowest BCUT2D eigenvalue weighted by Gasteiger charge is -2.31. The predicted molar refractivity (Wildman–Crippen MR) is 82.4 cm³/mol. The number of hydrogen-bond acceptors (Lipinski definition) is 2. The predicted octanol–water partition coefficient (Wildman–Crippen LogP) is 4.33. The number of thiocarbonyl (C=S) groups is 1. The van der Waals surface area contributed by atoms with Gasteiger partial charge in [0.1, 0.15) is 4.99 Å². The van der Waals surface area contributed by atoms with E-state index < -0.39 is 11.7 Å². The molecule has 1 aromatic carbocycles. The molecule has 0 spiro atoms. The molecule has 1 fully saturated rings. The van der Waals surface area contributed by atoms with Crippen molar-refractivity contribution in [2.75, 3.05) is 5.32 Å². The highest BCUT2D eigenvalue weighted by atomic mass is 32.1. The lowest BCUT2D eigenvalue weighted by molar-refractivity contribution is -0.137. The van der Waals surface area contributed by atoms with Crippen molar-refractivity contribution in [2.45, 2.75) is 44.8 Å². The summed E-state index contributed by atoms with van der Waals surface area (Å²) in [6.45, 7) is 2.15. The first-order valence-electron chi connectivity index (χ1n) is 7.06. The van der Waals surface area contributed by atoms with Gasteiger partial charge in [0.05, 0.1) is 5.56 Å². The number of nitrogens with two attached hydrogens (primary N) is 1. The van der Waals surface area contributed by atoms with Crippen LogP contribution in [0.1, 0.15) is 43.7 Å². The molecule has 1 aliphatic rings. The molecule has 2 rings (SSSR count). The number of benzene rings is 1. The monoisotopic (exact) mass is 316 g/mol. The van der Waals surface area contributed by atoms with E-state index in [1.165, 1.54) is 12.5 Å². The van der Waals surface area contributed by atoms with E-state index in [4.69, 9.17) is 18.0 Å². The van der Waals surface area contributed by atoms with Crippen molar-refractivity contribution < 1.29 is 13.2 Å². The van der Waals surface area contributed by atoms with Gasteiger partial charge < -0.3 is 11.1 Å². The highest BCUT2D eigenvalue weighted by Crippen LogP contribution is 2.33. The van der Waals surface area contributed by atoms with Gasteiger partial charge >= 0.3 is 6.18 Å². The fraction of sp³-hybridized carbons (Fsp3) is 0.533. The summed E-state index contributed by atoms with van der Waals surface area (Å²) in [5, 5.41) is 3.32. The van der Waals surface area contributed by atoms with Gasteiger partial charge in [0.2, 0.25) is 0 Å². The summed E-state index contributed by atoms with van der Waals surface area (Å²) in [5.74, 6) is 0.486. The van der Waals surface area contributed by atoms with Gasteiger partial charge in [-0.15, -0.1) is 0 Å². The molecule has 2 unspecified atom stereocenters. The molecule has 0 radical (unpaired) electrons. The number of rotatable bonds is 3. The first-order valence-corrected chi connectivity index (χ1v) is 7.47. The Bertz CT molecular complexity index is 528. The second kappa shape index (κ2) is 6.22. The molecular formula is C15H19F3N2S. The second-order valence-electron chi connectivity index (χ2n) is 5.63. The number of halogens is 3. The van der Waals surface area contributed by atoms with Crippen LogP contribution in [-0.2, 0) is 6.18 Å². The summed E-state index contributed by atoms with van der Waals surface area (Å²) in [5.41, 5.74) is 5.72. The van der Waals surface area contributed by atoms with Gasteiger partial charge in [0.25, 0.3) is 0 Å². The van der Waals surface area contributed by atoms with E-state index in [1.807, 2.05) is 0 Å². The Kier molecular flexibility index (Phi) is 4.76. The number of hydrogen-bond donors (Lipinski definition) is 2. The van der Waals surface area contributed by atoms with Gasteiger partial charge in [0.15, 0.2) is 0 Å². The minimum Gasteiger partial charge on any atom is -0.389 e. The van der Waals surface area contributed by atoms with Gasteiger partial charge in [-0.3, -0.25) is 0 Å². The van der Waals surface area contributed by atoms with E-state index in [0.29, 0.717) is 11.6 Å². The Morgan fingerprint density at radius 2 is 1.95 bits per heavy atom. The fourth-order valence-electron chi connectivity index (χ4n) is 2.78. The molecule has 0 amide bonds. The molecule has 1 aromatic rings. The Morgan fingerprint density at radius 1 is 1.29 bits per heavy atom. The molecule has 21 heavy (non-hydrogen) atoms. The number of alkyl halides is 3. The van der Waals surface area contributed by atoms with E-state index in [2.05, 4.69) is 12.2 Å². The van der Waals surface area contributed by atoms with Crippen LogP contribution in [0.4, 0.5) is 18.9 Å². The van der Waals surface area contributed by atoms with E-state index in [-0.39, 0.29) is 16.6 Å². The van der Waals surface area contributed by atoms with Crippen LogP contribution in [0, 0.1) is 5.92 Å². The van der Waals surface area contributed by atoms with Gasteiger partial charge in [-0.05, 0) is 37.0 Å². The lowest BCUT2D eigenvalue weighted by atomic mass is 9.85. The van der Waals surface area contributed by atoms with Crippen LogP contribution in [0.3, 0.4) is 0 Å². The zero-order chi connectivity index (χ0) is 15.6. The first kappa shape index (κ1) is 16.1.